The number of aliphatic hydroxyl groups is 1. The molecule has 0 aromatic carbocycles. The van der Waals surface area contributed by atoms with E-state index in [1.54, 1.807) is 6.92 Å². The second-order valence-corrected chi connectivity index (χ2v) is 6.18. The predicted octanol–water partition coefficient (Wildman–Crippen LogP) is -0.560. The van der Waals surface area contributed by atoms with Gasteiger partial charge in [0.1, 0.15) is 0 Å². The van der Waals surface area contributed by atoms with Crippen LogP contribution in [0.1, 0.15) is 26.2 Å². The van der Waals surface area contributed by atoms with E-state index in [1.165, 1.54) is 4.31 Å². The van der Waals surface area contributed by atoms with Gasteiger partial charge in [0.2, 0.25) is 0 Å². The molecule has 0 amide bonds. The molecule has 82 valence electrons. The molecule has 0 aromatic heterocycles. The summed E-state index contributed by atoms with van der Waals surface area (Å²) in [7, 11) is -3.34. The van der Waals surface area contributed by atoms with Crippen molar-refractivity contribution in [3.63, 3.8) is 0 Å². The Hall–Kier alpha value is -0.170. The molecule has 1 saturated heterocycles. The summed E-state index contributed by atoms with van der Waals surface area (Å²) in [5, 5.41) is 9.64. The third kappa shape index (κ3) is 2.25. The largest absolute Gasteiger partial charge is 0.389 e. The van der Waals surface area contributed by atoms with Crippen LogP contribution in [0, 0.1) is 0 Å². The van der Waals surface area contributed by atoms with Crippen molar-refractivity contribution in [1.29, 1.82) is 0 Å². The number of hydrogen-bond donors (Lipinski definition) is 2. The fourth-order valence-corrected chi connectivity index (χ4v) is 3.18. The average molecular weight is 220 g/mol. The Morgan fingerprint density at radius 3 is 2.57 bits per heavy atom. The molecular weight excluding hydrogens is 204 g/mol. The van der Waals surface area contributed by atoms with Gasteiger partial charge in [-0.05, 0) is 26.2 Å². The van der Waals surface area contributed by atoms with Gasteiger partial charge in [0.15, 0.2) is 0 Å². The Labute approximate surface area is 84.3 Å². The lowest BCUT2D eigenvalue weighted by atomic mass is 10.1. The van der Waals surface area contributed by atoms with E-state index in [0.717, 1.165) is 12.8 Å². The minimum atomic E-state index is -3.34. The smallest absolute Gasteiger partial charge is 0.279 e. The third-order valence-corrected chi connectivity index (χ3v) is 4.27. The Bertz CT molecular complexity index is 321. The van der Waals surface area contributed by atoms with Gasteiger partial charge in [-0.2, -0.15) is 17.4 Å². The van der Waals surface area contributed by atoms with Crippen LogP contribution in [0.4, 0.5) is 0 Å². The molecule has 0 bridgehead atoms. The lowest BCUT2D eigenvalue weighted by Gasteiger charge is -2.18. The Balaban J connectivity index is 2.00. The zero-order chi connectivity index (χ0) is 10.4. The Morgan fingerprint density at radius 1 is 1.50 bits per heavy atom. The summed E-state index contributed by atoms with van der Waals surface area (Å²) in [4.78, 5) is 0. The summed E-state index contributed by atoms with van der Waals surface area (Å²) >= 11 is 0. The van der Waals surface area contributed by atoms with Crippen LogP contribution >= 0.6 is 0 Å². The van der Waals surface area contributed by atoms with Gasteiger partial charge in [-0.1, -0.05) is 0 Å². The predicted molar refractivity (Wildman–Crippen MR) is 51.9 cm³/mol. The van der Waals surface area contributed by atoms with Crippen LogP contribution in [0.15, 0.2) is 0 Å². The summed E-state index contributed by atoms with van der Waals surface area (Å²) in [6, 6.07) is 0.130. The second kappa shape index (κ2) is 3.16. The number of nitrogens with one attached hydrogen (secondary N) is 1. The van der Waals surface area contributed by atoms with Gasteiger partial charge >= 0.3 is 0 Å². The van der Waals surface area contributed by atoms with Crippen molar-refractivity contribution in [2.75, 3.05) is 13.1 Å². The molecule has 2 aliphatic rings. The van der Waals surface area contributed by atoms with Gasteiger partial charge in [0, 0.05) is 19.1 Å². The maximum atomic E-state index is 11.7. The molecule has 2 N–H and O–H groups in total. The zero-order valence-electron chi connectivity index (χ0n) is 8.23. The van der Waals surface area contributed by atoms with Crippen LogP contribution < -0.4 is 4.72 Å². The van der Waals surface area contributed by atoms with E-state index >= 15 is 0 Å². The third-order valence-electron chi connectivity index (χ3n) is 2.65. The first-order valence-corrected chi connectivity index (χ1v) is 6.33. The van der Waals surface area contributed by atoms with Gasteiger partial charge in [0.05, 0.1) is 5.60 Å². The highest BCUT2D eigenvalue weighted by Crippen LogP contribution is 2.25. The fraction of sp³-hybridized carbons (Fsp3) is 1.00. The highest BCUT2D eigenvalue weighted by atomic mass is 32.2. The van der Waals surface area contributed by atoms with Crippen LogP contribution in [0.5, 0.6) is 0 Å². The van der Waals surface area contributed by atoms with Crippen molar-refractivity contribution in [2.45, 2.75) is 37.8 Å². The van der Waals surface area contributed by atoms with E-state index in [4.69, 9.17) is 0 Å². The van der Waals surface area contributed by atoms with Crippen LogP contribution in [0.3, 0.4) is 0 Å². The van der Waals surface area contributed by atoms with Gasteiger partial charge in [-0.25, -0.2) is 0 Å². The molecule has 2 rings (SSSR count). The van der Waals surface area contributed by atoms with E-state index in [1.807, 2.05) is 0 Å². The SMILES string of the molecule is CC1(O)CCN(S(=O)(=O)NC2CC2)C1. The van der Waals surface area contributed by atoms with Crippen molar-refractivity contribution >= 4 is 10.2 Å². The van der Waals surface area contributed by atoms with E-state index in [9.17, 15) is 13.5 Å². The van der Waals surface area contributed by atoms with Crippen LogP contribution in [-0.2, 0) is 10.2 Å². The molecule has 1 unspecified atom stereocenters. The van der Waals surface area contributed by atoms with E-state index < -0.39 is 15.8 Å². The van der Waals surface area contributed by atoms with Crippen LogP contribution in [0.2, 0.25) is 0 Å². The standard InChI is InChI=1S/C8H16N2O3S/c1-8(11)4-5-10(6-8)14(12,13)9-7-2-3-7/h7,9,11H,2-6H2,1H3. The summed E-state index contributed by atoms with van der Waals surface area (Å²) in [5.74, 6) is 0. The monoisotopic (exact) mass is 220 g/mol. The maximum Gasteiger partial charge on any atom is 0.279 e. The van der Waals surface area contributed by atoms with Gasteiger partial charge in [0.25, 0.3) is 10.2 Å². The van der Waals surface area contributed by atoms with Gasteiger partial charge in [-0.3, -0.25) is 0 Å². The molecule has 1 aliphatic heterocycles. The Morgan fingerprint density at radius 2 is 2.14 bits per heavy atom. The topological polar surface area (TPSA) is 69.6 Å². The second-order valence-electron chi connectivity index (χ2n) is 4.48. The zero-order valence-corrected chi connectivity index (χ0v) is 9.05. The van der Waals surface area contributed by atoms with Crippen molar-refractivity contribution in [3.05, 3.63) is 0 Å². The summed E-state index contributed by atoms with van der Waals surface area (Å²) < 4.78 is 27.3. The minimum Gasteiger partial charge on any atom is -0.389 e. The van der Waals surface area contributed by atoms with E-state index in [0.29, 0.717) is 13.0 Å². The van der Waals surface area contributed by atoms with Crippen molar-refractivity contribution in [3.8, 4) is 0 Å². The highest BCUT2D eigenvalue weighted by molar-refractivity contribution is 7.87. The van der Waals surface area contributed by atoms with Crippen molar-refractivity contribution in [1.82, 2.24) is 9.03 Å². The number of β-amino-alcohol motifs (C(OH)–C–C–N with tert-alkyl or cyclic N) is 1. The lowest BCUT2D eigenvalue weighted by molar-refractivity contribution is 0.0761. The van der Waals surface area contributed by atoms with E-state index in [2.05, 4.69) is 4.72 Å². The summed E-state index contributed by atoms with van der Waals surface area (Å²) in [6.07, 6.45) is 2.38. The first-order valence-electron chi connectivity index (χ1n) is 4.89. The minimum absolute atomic E-state index is 0.130. The molecule has 5 nitrogen and oxygen atoms in total. The van der Waals surface area contributed by atoms with Gasteiger partial charge in [-0.15, -0.1) is 0 Å². The normalized spacial score (nSPS) is 35.0. The van der Waals surface area contributed by atoms with Crippen LogP contribution in [-0.4, -0.2) is 42.6 Å². The molecule has 1 aliphatic carbocycles. The number of hydrogen-bond acceptors (Lipinski definition) is 3. The molecule has 1 heterocycles. The molecule has 14 heavy (non-hydrogen) atoms. The maximum absolute atomic E-state index is 11.7. The molecule has 0 spiro atoms. The molecule has 2 fully saturated rings. The quantitative estimate of drug-likeness (QED) is 0.670. The summed E-state index contributed by atoms with van der Waals surface area (Å²) in [6.45, 7) is 2.28. The van der Waals surface area contributed by atoms with E-state index in [-0.39, 0.29) is 12.6 Å². The summed E-state index contributed by atoms with van der Waals surface area (Å²) in [5.41, 5.74) is -0.863. The van der Waals surface area contributed by atoms with Gasteiger partial charge < -0.3 is 5.11 Å². The first-order chi connectivity index (χ1) is 6.39. The average Bonchev–Trinajstić information content (AvgIpc) is 2.73. The molecule has 1 atom stereocenters. The molecule has 1 saturated carbocycles. The fourth-order valence-electron chi connectivity index (χ4n) is 1.60. The Kier molecular flexibility index (Phi) is 2.34. The number of rotatable bonds is 3. The lowest BCUT2D eigenvalue weighted by Crippen LogP contribution is -2.42. The molecule has 6 heteroatoms. The first kappa shape index (κ1) is 10.4. The number of nitrogens with zero attached hydrogens (tertiary/aromatic N) is 1. The van der Waals surface area contributed by atoms with Crippen LogP contribution in [0.25, 0.3) is 0 Å². The van der Waals surface area contributed by atoms with Crippen molar-refractivity contribution < 1.29 is 13.5 Å². The van der Waals surface area contributed by atoms with Crippen molar-refractivity contribution in [2.24, 2.45) is 0 Å². The molecular formula is C8H16N2O3S. The molecule has 0 aromatic rings. The highest BCUT2D eigenvalue weighted by Gasteiger charge is 2.39. The molecule has 0 radical (unpaired) electrons.